The molecule has 1 spiro atoms. The molecule has 5 heteroatoms. The minimum atomic E-state index is -1.25. The van der Waals surface area contributed by atoms with E-state index in [9.17, 15) is 4.79 Å². The highest BCUT2D eigenvalue weighted by Gasteiger charge is 2.74. The molecule has 4 nitrogen and oxygen atoms in total. The van der Waals surface area contributed by atoms with Crippen molar-refractivity contribution in [3.8, 4) is 0 Å². The summed E-state index contributed by atoms with van der Waals surface area (Å²) in [4.78, 5) is 11.5. The molecular formula is C11H17ClO4. The van der Waals surface area contributed by atoms with Crippen molar-refractivity contribution >= 4 is 17.6 Å². The van der Waals surface area contributed by atoms with E-state index >= 15 is 0 Å². The Morgan fingerprint density at radius 3 is 2.75 bits per heavy atom. The quantitative estimate of drug-likeness (QED) is 0.425. The summed E-state index contributed by atoms with van der Waals surface area (Å²) in [6, 6.07) is 0. The van der Waals surface area contributed by atoms with Gasteiger partial charge in [-0.1, -0.05) is 11.6 Å². The van der Waals surface area contributed by atoms with Crippen LogP contribution in [0, 0.1) is 0 Å². The minimum Gasteiger partial charge on any atom is -0.466 e. The number of carbonyl (C=O) groups excluding carboxylic acids is 1. The molecule has 3 atom stereocenters. The van der Waals surface area contributed by atoms with Gasteiger partial charge in [-0.2, -0.15) is 0 Å². The number of methoxy groups -OCH3 is 2. The van der Waals surface area contributed by atoms with Crippen LogP contribution in [0.1, 0.15) is 32.1 Å². The lowest BCUT2D eigenvalue weighted by Crippen LogP contribution is -2.30. The number of carbonyl (C=O) groups is 1. The normalized spacial score (nSPS) is 42.8. The smallest absolute Gasteiger partial charge is 0.357 e. The van der Waals surface area contributed by atoms with Crippen LogP contribution in [-0.2, 0) is 19.0 Å². The Labute approximate surface area is 100 Å². The van der Waals surface area contributed by atoms with Gasteiger partial charge in [-0.15, -0.1) is 0 Å². The van der Waals surface area contributed by atoms with Crippen molar-refractivity contribution in [3.05, 3.63) is 0 Å². The van der Waals surface area contributed by atoms with Crippen LogP contribution in [0.4, 0.5) is 0 Å². The van der Waals surface area contributed by atoms with Gasteiger partial charge in [0.25, 0.3) is 5.06 Å². The standard InChI is InChI=1S/C11H17ClO4/c1-14-8-4-3-6-10(7-5-8)11(12,16-10)9(13)15-2/h8H,3-7H2,1-2H3. The summed E-state index contributed by atoms with van der Waals surface area (Å²) in [6.45, 7) is 0. The Hall–Kier alpha value is -0.320. The molecule has 0 N–H and O–H groups in total. The summed E-state index contributed by atoms with van der Waals surface area (Å²) < 4.78 is 15.5. The fourth-order valence-corrected chi connectivity index (χ4v) is 2.95. The van der Waals surface area contributed by atoms with E-state index in [1.54, 1.807) is 7.11 Å². The van der Waals surface area contributed by atoms with Crippen molar-refractivity contribution in [1.29, 1.82) is 0 Å². The molecule has 3 unspecified atom stereocenters. The van der Waals surface area contributed by atoms with Crippen LogP contribution in [0.15, 0.2) is 0 Å². The lowest BCUT2D eigenvalue weighted by molar-refractivity contribution is -0.143. The minimum absolute atomic E-state index is 0.252. The number of esters is 1. The van der Waals surface area contributed by atoms with Crippen LogP contribution in [0.25, 0.3) is 0 Å². The van der Waals surface area contributed by atoms with E-state index in [1.807, 2.05) is 0 Å². The van der Waals surface area contributed by atoms with Crippen molar-refractivity contribution in [2.45, 2.75) is 48.9 Å². The summed E-state index contributed by atoms with van der Waals surface area (Å²) >= 11 is 6.16. The first kappa shape index (κ1) is 12.1. The molecule has 0 aromatic heterocycles. The number of halogens is 1. The van der Waals surface area contributed by atoms with E-state index in [2.05, 4.69) is 4.74 Å². The molecule has 92 valence electrons. The predicted molar refractivity (Wildman–Crippen MR) is 58.3 cm³/mol. The fraction of sp³-hybridized carbons (Fsp3) is 0.909. The van der Waals surface area contributed by atoms with Gasteiger partial charge in [0, 0.05) is 7.11 Å². The van der Waals surface area contributed by atoms with Gasteiger partial charge in [0.15, 0.2) is 0 Å². The van der Waals surface area contributed by atoms with Crippen molar-refractivity contribution in [2.24, 2.45) is 0 Å². The Bertz CT molecular complexity index is 296. The predicted octanol–water partition coefficient (Wildman–Crippen LogP) is 1.84. The zero-order valence-electron chi connectivity index (χ0n) is 9.62. The van der Waals surface area contributed by atoms with Crippen LogP contribution >= 0.6 is 11.6 Å². The molecule has 0 aromatic carbocycles. The molecule has 0 amide bonds. The second-order valence-electron chi connectivity index (χ2n) is 4.47. The van der Waals surface area contributed by atoms with Gasteiger partial charge in [-0.3, -0.25) is 0 Å². The Morgan fingerprint density at radius 1 is 1.38 bits per heavy atom. The van der Waals surface area contributed by atoms with E-state index in [-0.39, 0.29) is 6.10 Å². The summed E-state index contributed by atoms with van der Waals surface area (Å²) in [6.07, 6.45) is 4.64. The number of alkyl halides is 1. The molecule has 16 heavy (non-hydrogen) atoms. The maximum atomic E-state index is 11.5. The van der Waals surface area contributed by atoms with E-state index in [4.69, 9.17) is 21.1 Å². The van der Waals surface area contributed by atoms with Crippen molar-refractivity contribution in [2.75, 3.05) is 14.2 Å². The SMILES string of the molecule is COC(=O)C1(Cl)OC12CCCC(OC)CC2. The van der Waals surface area contributed by atoms with Gasteiger partial charge in [-0.05, 0) is 32.1 Å². The first-order valence-corrected chi connectivity index (χ1v) is 5.96. The molecule has 0 aromatic rings. The van der Waals surface area contributed by atoms with Gasteiger partial charge in [-0.25, -0.2) is 4.79 Å². The number of ether oxygens (including phenoxy) is 3. The molecule has 2 fully saturated rings. The van der Waals surface area contributed by atoms with Crippen molar-refractivity contribution in [3.63, 3.8) is 0 Å². The number of hydrogen-bond acceptors (Lipinski definition) is 4. The summed E-state index contributed by atoms with van der Waals surface area (Å²) in [5.41, 5.74) is -0.519. The van der Waals surface area contributed by atoms with Crippen molar-refractivity contribution < 1.29 is 19.0 Å². The molecule has 1 aliphatic heterocycles. The molecule has 0 bridgehead atoms. The molecule has 2 aliphatic rings. The van der Waals surface area contributed by atoms with Gasteiger partial charge in [0.2, 0.25) is 0 Å². The number of rotatable bonds is 2. The maximum absolute atomic E-state index is 11.5. The second-order valence-corrected chi connectivity index (χ2v) is 5.00. The topological polar surface area (TPSA) is 48.1 Å². The molecule has 1 heterocycles. The van der Waals surface area contributed by atoms with Gasteiger partial charge in [0.1, 0.15) is 5.60 Å². The lowest BCUT2D eigenvalue weighted by Gasteiger charge is -2.12. The Morgan fingerprint density at radius 2 is 2.12 bits per heavy atom. The number of hydrogen-bond donors (Lipinski definition) is 0. The fourth-order valence-electron chi connectivity index (χ4n) is 2.54. The highest BCUT2D eigenvalue weighted by Crippen LogP contribution is 2.59. The molecule has 1 saturated heterocycles. The Balaban J connectivity index is 2.04. The Kier molecular flexibility index (Phi) is 3.16. The van der Waals surface area contributed by atoms with E-state index < -0.39 is 16.6 Å². The highest BCUT2D eigenvalue weighted by molar-refractivity contribution is 6.35. The first-order chi connectivity index (χ1) is 7.58. The average Bonchev–Trinajstić information content (AvgIpc) is 2.95. The summed E-state index contributed by atoms with van der Waals surface area (Å²) in [5.74, 6) is -0.481. The van der Waals surface area contributed by atoms with E-state index in [0.29, 0.717) is 0 Å². The largest absolute Gasteiger partial charge is 0.466 e. The average molecular weight is 249 g/mol. The van der Waals surface area contributed by atoms with Crippen LogP contribution in [-0.4, -0.2) is 37.0 Å². The van der Waals surface area contributed by atoms with Crippen LogP contribution in [0.2, 0.25) is 0 Å². The maximum Gasteiger partial charge on any atom is 0.357 e. The third kappa shape index (κ3) is 1.73. The molecule has 1 saturated carbocycles. The zero-order chi connectivity index (χ0) is 11.8. The highest BCUT2D eigenvalue weighted by atomic mass is 35.5. The molecule has 1 aliphatic carbocycles. The molecule has 2 rings (SSSR count). The first-order valence-electron chi connectivity index (χ1n) is 5.58. The lowest BCUT2D eigenvalue weighted by atomic mass is 9.95. The monoisotopic (exact) mass is 248 g/mol. The molecular weight excluding hydrogens is 232 g/mol. The van der Waals surface area contributed by atoms with Gasteiger partial charge >= 0.3 is 5.97 Å². The van der Waals surface area contributed by atoms with Gasteiger partial charge in [0.05, 0.1) is 13.2 Å². The third-order valence-corrected chi connectivity index (χ3v) is 4.21. The van der Waals surface area contributed by atoms with Crippen LogP contribution in [0.3, 0.4) is 0 Å². The molecule has 0 radical (unpaired) electrons. The van der Waals surface area contributed by atoms with Crippen LogP contribution in [0.5, 0.6) is 0 Å². The third-order valence-electron chi connectivity index (χ3n) is 3.64. The van der Waals surface area contributed by atoms with Crippen LogP contribution < -0.4 is 0 Å². The van der Waals surface area contributed by atoms with Crippen molar-refractivity contribution in [1.82, 2.24) is 0 Å². The van der Waals surface area contributed by atoms with Gasteiger partial charge < -0.3 is 14.2 Å². The number of epoxide rings is 1. The summed E-state index contributed by atoms with van der Waals surface area (Å²) in [5, 5.41) is -1.25. The van der Waals surface area contributed by atoms with E-state index in [0.717, 1.165) is 32.1 Å². The zero-order valence-corrected chi connectivity index (χ0v) is 10.4. The summed E-state index contributed by atoms with van der Waals surface area (Å²) in [7, 11) is 3.04. The second kappa shape index (κ2) is 4.17. The van der Waals surface area contributed by atoms with E-state index in [1.165, 1.54) is 7.11 Å².